The van der Waals surface area contributed by atoms with Gasteiger partial charge in [-0.1, -0.05) is 31.3 Å². The van der Waals surface area contributed by atoms with E-state index in [2.05, 4.69) is 25.6 Å². The van der Waals surface area contributed by atoms with Gasteiger partial charge < -0.3 is 21.0 Å². The highest BCUT2D eigenvalue weighted by Crippen LogP contribution is 2.23. The van der Waals surface area contributed by atoms with Crippen LogP contribution in [0.4, 0.5) is 10.8 Å². The molecule has 2 rings (SSSR count). The van der Waals surface area contributed by atoms with Gasteiger partial charge in [-0.25, -0.2) is 22.0 Å². The van der Waals surface area contributed by atoms with E-state index in [1.807, 2.05) is 13.8 Å². The van der Waals surface area contributed by atoms with E-state index in [1.54, 1.807) is 6.07 Å². The zero-order valence-electron chi connectivity index (χ0n) is 20.3. The lowest BCUT2D eigenvalue weighted by molar-refractivity contribution is -0.136. The second-order valence-corrected chi connectivity index (χ2v) is 12.7. The van der Waals surface area contributed by atoms with Crippen LogP contribution >= 0.6 is 23.6 Å². The van der Waals surface area contributed by atoms with Gasteiger partial charge in [0.05, 0.1) is 4.90 Å². The molecule has 0 aliphatic heterocycles. The van der Waals surface area contributed by atoms with Crippen molar-refractivity contribution in [1.82, 2.24) is 15.5 Å². The van der Waals surface area contributed by atoms with Gasteiger partial charge >= 0.3 is 12.9 Å². The first-order valence-corrected chi connectivity index (χ1v) is 15.6. The van der Waals surface area contributed by atoms with Crippen molar-refractivity contribution in [1.29, 1.82) is 0 Å². The number of nitrogens with one attached hydrogen (secondary N) is 3. The Hall–Kier alpha value is -2.38. The Morgan fingerprint density at radius 2 is 1.89 bits per heavy atom. The predicted octanol–water partition coefficient (Wildman–Crippen LogP) is 1.34. The lowest BCUT2D eigenvalue weighted by Gasteiger charge is -2.16. The summed E-state index contributed by atoms with van der Waals surface area (Å²) in [4.78, 5) is 11.9. The maximum Gasteiger partial charge on any atom is 0.361 e. The smallest absolute Gasteiger partial charge is 0.361 e. The van der Waals surface area contributed by atoms with Crippen LogP contribution in [0.5, 0.6) is 0 Å². The summed E-state index contributed by atoms with van der Waals surface area (Å²) in [5.41, 5.74) is 6.32. The molecular formula is C19H30BN7O6S4. The van der Waals surface area contributed by atoms with Gasteiger partial charge in [-0.05, 0) is 62.3 Å². The van der Waals surface area contributed by atoms with Crippen molar-refractivity contribution in [2.24, 2.45) is 10.9 Å². The standard InChI is InChI=1S/C19H30BN7O6S4/c1-3-20(4-2)33-16(28)15(21)10-5-6-11-23-17(34)24-13-8-7-9-14(12-13)37(31,32)27-18-25-26-19(35-18)36(22,29)30/h7-9,12,15H,3-6,10-11,21H2,1-2H3,(H,25,27)(H2,22,29,30)(H2,23,24,34)/t15-/m1/s1. The molecule has 1 aromatic heterocycles. The summed E-state index contributed by atoms with van der Waals surface area (Å²) in [6.45, 7) is 4.32. The SMILES string of the molecule is CCB(CC)OC(=O)[C@H](N)CCCCNC(=S)Nc1cccc(S(=O)(=O)Nc2nnc(S(N)(=O)=O)s2)c1. The molecule has 0 unspecified atom stereocenters. The molecule has 1 heterocycles. The number of hydrogen-bond donors (Lipinski definition) is 5. The minimum Gasteiger partial charge on any atom is -0.535 e. The molecule has 0 fully saturated rings. The highest BCUT2D eigenvalue weighted by molar-refractivity contribution is 7.93. The van der Waals surface area contributed by atoms with Crippen LogP contribution < -0.4 is 26.2 Å². The normalized spacial score (nSPS) is 12.4. The van der Waals surface area contributed by atoms with Crippen molar-refractivity contribution in [2.45, 2.75) is 61.0 Å². The first-order chi connectivity index (χ1) is 17.4. The molecule has 7 N–H and O–H groups in total. The number of nitrogens with zero attached hydrogens (tertiary/aromatic N) is 2. The monoisotopic (exact) mass is 591 g/mol. The molecule has 0 aliphatic carbocycles. The summed E-state index contributed by atoms with van der Waals surface area (Å²) < 4.78 is 55.0. The third kappa shape index (κ3) is 10.1. The van der Waals surface area contributed by atoms with Crippen LogP contribution in [-0.4, -0.2) is 57.6 Å². The number of hydrogen-bond acceptors (Lipinski definition) is 11. The van der Waals surface area contributed by atoms with E-state index in [4.69, 9.17) is 27.7 Å². The molecule has 0 spiro atoms. The maximum absolute atomic E-state index is 12.7. The number of rotatable bonds is 14. The lowest BCUT2D eigenvalue weighted by Crippen LogP contribution is -2.36. The Kier molecular flexibility index (Phi) is 11.6. The number of aromatic nitrogens is 2. The van der Waals surface area contributed by atoms with Crippen LogP contribution in [0, 0.1) is 0 Å². The Bertz CT molecular complexity index is 1290. The minimum absolute atomic E-state index is 0.109. The van der Waals surface area contributed by atoms with Gasteiger partial charge in [0.25, 0.3) is 20.0 Å². The number of benzene rings is 1. The maximum atomic E-state index is 12.7. The summed E-state index contributed by atoms with van der Waals surface area (Å²) >= 11 is 5.75. The fourth-order valence-electron chi connectivity index (χ4n) is 2.97. The zero-order valence-corrected chi connectivity index (χ0v) is 23.6. The van der Waals surface area contributed by atoms with E-state index in [1.165, 1.54) is 18.2 Å². The quantitative estimate of drug-likeness (QED) is 0.120. The van der Waals surface area contributed by atoms with E-state index in [-0.39, 0.29) is 28.0 Å². The van der Waals surface area contributed by atoms with E-state index in [9.17, 15) is 21.6 Å². The average Bonchev–Trinajstić information content (AvgIpc) is 3.30. The molecule has 13 nitrogen and oxygen atoms in total. The Morgan fingerprint density at radius 1 is 1.19 bits per heavy atom. The van der Waals surface area contributed by atoms with Gasteiger partial charge in [0.2, 0.25) is 9.47 Å². The van der Waals surface area contributed by atoms with Gasteiger partial charge in [-0.3, -0.25) is 9.52 Å². The van der Waals surface area contributed by atoms with Crippen LogP contribution in [0.1, 0.15) is 33.1 Å². The predicted molar refractivity (Wildman–Crippen MR) is 147 cm³/mol. The van der Waals surface area contributed by atoms with Gasteiger partial charge in [-0.2, -0.15) is 0 Å². The van der Waals surface area contributed by atoms with Crippen molar-refractivity contribution < 1.29 is 26.3 Å². The van der Waals surface area contributed by atoms with Crippen LogP contribution in [0.3, 0.4) is 0 Å². The molecule has 0 saturated carbocycles. The molecule has 18 heteroatoms. The molecule has 0 amide bonds. The highest BCUT2D eigenvalue weighted by atomic mass is 32.2. The molecule has 2 aromatic rings. The molecular weight excluding hydrogens is 561 g/mol. The van der Waals surface area contributed by atoms with Crippen molar-refractivity contribution >= 4 is 72.4 Å². The Labute approximate surface area is 226 Å². The van der Waals surface area contributed by atoms with Crippen LogP contribution in [-0.2, 0) is 29.5 Å². The topological polar surface area (TPSA) is 208 Å². The summed E-state index contributed by atoms with van der Waals surface area (Å²) in [6.07, 6.45) is 3.38. The van der Waals surface area contributed by atoms with Crippen molar-refractivity contribution in [2.75, 3.05) is 16.6 Å². The van der Waals surface area contributed by atoms with Crippen molar-refractivity contribution in [3.05, 3.63) is 24.3 Å². The van der Waals surface area contributed by atoms with Gasteiger partial charge in [0.15, 0.2) is 5.11 Å². The van der Waals surface area contributed by atoms with Gasteiger partial charge in [0, 0.05) is 12.2 Å². The number of primary sulfonamides is 1. The number of anilines is 2. The zero-order chi connectivity index (χ0) is 27.6. The summed E-state index contributed by atoms with van der Waals surface area (Å²) in [5, 5.41) is 17.8. The Morgan fingerprint density at radius 3 is 2.51 bits per heavy atom. The molecule has 1 atom stereocenters. The average molecular weight is 592 g/mol. The molecule has 37 heavy (non-hydrogen) atoms. The molecule has 1 aromatic carbocycles. The Balaban J connectivity index is 1.82. The van der Waals surface area contributed by atoms with Crippen LogP contribution in [0.15, 0.2) is 33.5 Å². The van der Waals surface area contributed by atoms with Crippen molar-refractivity contribution in [3.63, 3.8) is 0 Å². The molecule has 0 saturated heterocycles. The second kappa shape index (κ2) is 14.0. The lowest BCUT2D eigenvalue weighted by atomic mass is 9.62. The number of nitrogens with two attached hydrogens (primary N) is 2. The fourth-order valence-corrected chi connectivity index (χ4v) is 5.80. The molecule has 0 bridgehead atoms. The van der Waals surface area contributed by atoms with E-state index < -0.39 is 30.4 Å². The largest absolute Gasteiger partial charge is 0.535 e. The fraction of sp³-hybridized carbons (Fsp3) is 0.474. The van der Waals surface area contributed by atoms with Crippen molar-refractivity contribution in [3.8, 4) is 0 Å². The molecule has 0 aliphatic rings. The highest BCUT2D eigenvalue weighted by Gasteiger charge is 2.22. The summed E-state index contributed by atoms with van der Waals surface area (Å²) in [7, 11) is -8.18. The molecule has 204 valence electrons. The van der Waals surface area contributed by atoms with E-state index in [0.717, 1.165) is 12.6 Å². The third-order valence-corrected chi connectivity index (χ3v) is 8.86. The first kappa shape index (κ1) is 30.8. The number of unbranched alkanes of at least 4 members (excludes halogenated alkanes) is 1. The van der Waals surface area contributed by atoms with Crippen LogP contribution in [0.25, 0.3) is 0 Å². The number of carbonyl (C=O) groups excluding carboxylic acids is 1. The van der Waals surface area contributed by atoms with Gasteiger partial charge in [0.1, 0.15) is 6.04 Å². The first-order valence-electron chi connectivity index (χ1n) is 11.4. The minimum atomic E-state index is -4.10. The summed E-state index contributed by atoms with van der Waals surface area (Å²) in [5.74, 6) is -0.390. The second-order valence-electron chi connectivity index (χ2n) is 7.91. The van der Waals surface area contributed by atoms with Gasteiger partial charge in [-0.15, -0.1) is 10.2 Å². The number of sulfonamides is 2. The molecule has 0 radical (unpaired) electrons. The third-order valence-electron chi connectivity index (χ3n) is 5.00. The summed E-state index contributed by atoms with van der Waals surface area (Å²) in [6, 6.07) is 5.17. The number of thiocarbonyl (C=S) groups is 1. The van der Waals surface area contributed by atoms with E-state index in [0.29, 0.717) is 42.8 Å². The van der Waals surface area contributed by atoms with E-state index >= 15 is 0 Å². The van der Waals surface area contributed by atoms with Crippen LogP contribution in [0.2, 0.25) is 12.6 Å². The number of carbonyl (C=O) groups is 1.